The molecular formula is C26H32F3N3O2. The van der Waals surface area contributed by atoms with Gasteiger partial charge in [0, 0.05) is 51.6 Å². The van der Waals surface area contributed by atoms with Gasteiger partial charge in [0.05, 0.1) is 11.0 Å². The number of hydrogen-bond donors (Lipinski definition) is 1. The molecule has 34 heavy (non-hydrogen) atoms. The fourth-order valence-electron chi connectivity index (χ4n) is 4.83. The van der Waals surface area contributed by atoms with Gasteiger partial charge in [-0.2, -0.15) is 13.2 Å². The highest BCUT2D eigenvalue weighted by Crippen LogP contribution is 2.39. The standard InChI is InChI=1S/C26H32F3N3O2/c1-2-31-12-14-32(15-13-31)19-20-6-8-23(9-7-20)30-24(33)25(10-16-34-17-11-25)21-4-3-5-22(18-21)26(27,28)29/h3-9,18H,2,10-17,19H2,1H3,(H,30,33). The molecule has 8 heteroatoms. The number of carbonyl (C=O) groups excluding carboxylic acids is 1. The number of hydrogen-bond acceptors (Lipinski definition) is 4. The van der Waals surface area contributed by atoms with Crippen LogP contribution in [0.1, 0.15) is 36.5 Å². The Balaban J connectivity index is 1.46. The number of halogens is 3. The molecule has 0 bridgehead atoms. The molecule has 5 nitrogen and oxygen atoms in total. The number of nitrogens with one attached hydrogen (secondary N) is 1. The van der Waals surface area contributed by atoms with E-state index in [1.54, 1.807) is 6.07 Å². The second kappa shape index (κ2) is 10.5. The van der Waals surface area contributed by atoms with Crippen molar-refractivity contribution in [2.45, 2.75) is 37.9 Å². The van der Waals surface area contributed by atoms with Crippen molar-refractivity contribution < 1.29 is 22.7 Å². The molecule has 1 amide bonds. The van der Waals surface area contributed by atoms with E-state index in [-0.39, 0.29) is 5.91 Å². The van der Waals surface area contributed by atoms with Gasteiger partial charge in [0.25, 0.3) is 0 Å². The number of alkyl halides is 3. The van der Waals surface area contributed by atoms with E-state index in [1.807, 2.05) is 24.3 Å². The molecule has 2 aromatic rings. The minimum Gasteiger partial charge on any atom is -0.381 e. The molecule has 4 rings (SSSR count). The van der Waals surface area contributed by atoms with Crippen molar-refractivity contribution in [2.75, 3.05) is 51.3 Å². The lowest BCUT2D eigenvalue weighted by Gasteiger charge is -2.36. The van der Waals surface area contributed by atoms with E-state index >= 15 is 0 Å². The lowest BCUT2D eigenvalue weighted by atomic mass is 9.73. The van der Waals surface area contributed by atoms with Crippen LogP contribution < -0.4 is 5.32 Å². The molecule has 0 spiro atoms. The Kier molecular flexibility index (Phi) is 7.60. The smallest absolute Gasteiger partial charge is 0.381 e. The third-order valence-corrected chi connectivity index (χ3v) is 7.05. The van der Waals surface area contributed by atoms with E-state index in [9.17, 15) is 18.0 Å². The van der Waals surface area contributed by atoms with Crippen molar-refractivity contribution in [3.8, 4) is 0 Å². The van der Waals surface area contributed by atoms with Gasteiger partial charge in [0.2, 0.25) is 5.91 Å². The van der Waals surface area contributed by atoms with Gasteiger partial charge in [0.1, 0.15) is 0 Å². The van der Waals surface area contributed by atoms with Crippen molar-refractivity contribution in [2.24, 2.45) is 0 Å². The number of rotatable bonds is 6. The van der Waals surface area contributed by atoms with Crippen LogP contribution in [0.15, 0.2) is 48.5 Å². The van der Waals surface area contributed by atoms with E-state index in [0.717, 1.165) is 51.4 Å². The first-order valence-electron chi connectivity index (χ1n) is 11.9. The maximum absolute atomic E-state index is 13.5. The zero-order valence-electron chi connectivity index (χ0n) is 19.5. The molecule has 2 heterocycles. The van der Waals surface area contributed by atoms with E-state index in [1.165, 1.54) is 11.6 Å². The summed E-state index contributed by atoms with van der Waals surface area (Å²) in [6.45, 7) is 9.00. The van der Waals surface area contributed by atoms with Gasteiger partial charge in [-0.05, 0) is 48.7 Å². The number of nitrogens with zero attached hydrogens (tertiary/aromatic N) is 2. The normalized spacial score (nSPS) is 19.6. The first-order valence-corrected chi connectivity index (χ1v) is 11.9. The summed E-state index contributed by atoms with van der Waals surface area (Å²) in [6, 6.07) is 12.9. The highest BCUT2D eigenvalue weighted by atomic mass is 19.4. The lowest BCUT2D eigenvalue weighted by molar-refractivity contribution is -0.138. The van der Waals surface area contributed by atoms with Gasteiger partial charge in [-0.25, -0.2) is 0 Å². The zero-order chi connectivity index (χ0) is 24.2. The van der Waals surface area contributed by atoms with Crippen molar-refractivity contribution in [3.05, 3.63) is 65.2 Å². The molecule has 184 valence electrons. The van der Waals surface area contributed by atoms with Gasteiger partial charge in [0.15, 0.2) is 0 Å². The summed E-state index contributed by atoms with van der Waals surface area (Å²) < 4.78 is 45.4. The maximum atomic E-state index is 13.5. The number of likely N-dealkylation sites (N-methyl/N-ethyl adjacent to an activating group) is 1. The Morgan fingerprint density at radius 1 is 1.00 bits per heavy atom. The summed E-state index contributed by atoms with van der Waals surface area (Å²) in [4.78, 5) is 18.3. The maximum Gasteiger partial charge on any atom is 0.416 e. The quantitative estimate of drug-likeness (QED) is 0.667. The van der Waals surface area contributed by atoms with Gasteiger partial charge >= 0.3 is 6.18 Å². The predicted molar refractivity (Wildman–Crippen MR) is 126 cm³/mol. The van der Waals surface area contributed by atoms with Crippen LogP contribution in [-0.4, -0.2) is 61.6 Å². The summed E-state index contributed by atoms with van der Waals surface area (Å²) in [5.74, 6) is -0.293. The number of carbonyl (C=O) groups is 1. The van der Waals surface area contributed by atoms with Crippen LogP contribution in [-0.2, 0) is 27.7 Å². The monoisotopic (exact) mass is 475 g/mol. The SMILES string of the molecule is CCN1CCN(Cc2ccc(NC(=O)C3(c4cccc(C(F)(F)F)c4)CCOCC3)cc2)CC1. The number of benzene rings is 2. The first-order chi connectivity index (χ1) is 16.3. The Morgan fingerprint density at radius 3 is 2.26 bits per heavy atom. The summed E-state index contributed by atoms with van der Waals surface area (Å²) in [5.41, 5.74) is 0.389. The van der Waals surface area contributed by atoms with Crippen LogP contribution in [0.5, 0.6) is 0 Å². The summed E-state index contributed by atoms with van der Waals surface area (Å²) >= 11 is 0. The van der Waals surface area contributed by atoms with Gasteiger partial charge in [-0.1, -0.05) is 37.3 Å². The molecular weight excluding hydrogens is 443 g/mol. The summed E-state index contributed by atoms with van der Waals surface area (Å²) in [7, 11) is 0. The number of amides is 1. The molecule has 2 aromatic carbocycles. The molecule has 2 aliphatic heterocycles. The van der Waals surface area contributed by atoms with Crippen molar-refractivity contribution >= 4 is 11.6 Å². The zero-order valence-corrected chi connectivity index (χ0v) is 19.5. The van der Waals surface area contributed by atoms with E-state index in [2.05, 4.69) is 22.0 Å². The van der Waals surface area contributed by atoms with Crippen LogP contribution in [0.4, 0.5) is 18.9 Å². The Bertz CT molecular complexity index is 964. The molecule has 0 unspecified atom stereocenters. The summed E-state index contributed by atoms with van der Waals surface area (Å²) in [5, 5.41) is 2.96. The molecule has 0 saturated carbocycles. The Hall–Kier alpha value is -2.42. The van der Waals surface area contributed by atoms with Crippen molar-refractivity contribution in [1.82, 2.24) is 9.80 Å². The first kappa shape index (κ1) is 24.7. The molecule has 2 fully saturated rings. The Labute approximate surface area is 198 Å². The van der Waals surface area contributed by atoms with Crippen LogP contribution in [0.2, 0.25) is 0 Å². The van der Waals surface area contributed by atoms with Gasteiger partial charge in [-0.15, -0.1) is 0 Å². The van der Waals surface area contributed by atoms with Crippen LogP contribution in [0.3, 0.4) is 0 Å². The predicted octanol–water partition coefficient (Wildman–Crippen LogP) is 4.53. The Morgan fingerprint density at radius 2 is 1.65 bits per heavy atom. The fraction of sp³-hybridized carbons (Fsp3) is 0.500. The summed E-state index contributed by atoms with van der Waals surface area (Å²) in [6.07, 6.45) is -3.79. The van der Waals surface area contributed by atoms with E-state index < -0.39 is 17.2 Å². The molecule has 0 aromatic heterocycles. The highest BCUT2D eigenvalue weighted by Gasteiger charge is 2.43. The third kappa shape index (κ3) is 5.62. The minimum absolute atomic E-state index is 0.293. The average Bonchev–Trinajstić information content (AvgIpc) is 2.85. The second-order valence-electron chi connectivity index (χ2n) is 9.13. The van der Waals surface area contributed by atoms with Crippen molar-refractivity contribution in [1.29, 1.82) is 0 Å². The van der Waals surface area contributed by atoms with E-state index in [4.69, 9.17) is 4.74 Å². The van der Waals surface area contributed by atoms with E-state index in [0.29, 0.717) is 37.3 Å². The molecule has 0 atom stereocenters. The average molecular weight is 476 g/mol. The number of ether oxygens (including phenoxy) is 1. The van der Waals surface area contributed by atoms with Crippen LogP contribution in [0, 0.1) is 0 Å². The minimum atomic E-state index is -4.46. The number of anilines is 1. The second-order valence-corrected chi connectivity index (χ2v) is 9.13. The number of piperazine rings is 1. The van der Waals surface area contributed by atoms with Crippen LogP contribution in [0.25, 0.3) is 0 Å². The molecule has 0 radical (unpaired) electrons. The highest BCUT2D eigenvalue weighted by molar-refractivity contribution is 5.99. The lowest BCUT2D eigenvalue weighted by Crippen LogP contribution is -2.45. The molecule has 2 aliphatic rings. The largest absolute Gasteiger partial charge is 0.416 e. The van der Waals surface area contributed by atoms with Gasteiger partial charge in [-0.3, -0.25) is 9.69 Å². The molecule has 2 saturated heterocycles. The fourth-order valence-corrected chi connectivity index (χ4v) is 4.83. The van der Waals surface area contributed by atoms with Gasteiger partial charge < -0.3 is 15.0 Å². The van der Waals surface area contributed by atoms with Crippen molar-refractivity contribution in [3.63, 3.8) is 0 Å². The van der Waals surface area contributed by atoms with Crippen LogP contribution >= 0.6 is 0 Å². The molecule has 1 N–H and O–H groups in total. The third-order valence-electron chi connectivity index (χ3n) is 7.05. The molecule has 0 aliphatic carbocycles. The topological polar surface area (TPSA) is 44.8 Å².